The minimum Gasteiger partial charge on any atom is -0.497 e. The molecule has 1 spiro atoms. The number of fused-ring (bicyclic) bond motifs is 3. The Morgan fingerprint density at radius 3 is 2.09 bits per heavy atom. The molecule has 4 N–H and O–H groups in total. The number of benzene rings is 5. The van der Waals surface area contributed by atoms with Crippen LogP contribution in [-0.4, -0.2) is 54.2 Å². The molecule has 10 heteroatoms. The van der Waals surface area contributed by atoms with Gasteiger partial charge in [0.25, 0.3) is 0 Å². The van der Waals surface area contributed by atoms with Gasteiger partial charge in [0.05, 0.1) is 31.7 Å². The van der Waals surface area contributed by atoms with E-state index in [0.717, 1.165) is 16.7 Å². The fourth-order valence-corrected chi connectivity index (χ4v) is 8.43. The largest absolute Gasteiger partial charge is 0.497 e. The van der Waals surface area contributed by atoms with Crippen molar-refractivity contribution in [2.24, 2.45) is 11.7 Å². The molecular weight excluding hydrogens is 682 g/mol. The number of aliphatic hydroxyl groups is 1. The van der Waals surface area contributed by atoms with Crippen molar-refractivity contribution in [2.75, 3.05) is 25.6 Å². The molecule has 3 heterocycles. The Morgan fingerprint density at radius 1 is 0.815 bits per heavy atom. The van der Waals surface area contributed by atoms with Gasteiger partial charge in [0.2, 0.25) is 11.8 Å². The molecule has 54 heavy (non-hydrogen) atoms. The van der Waals surface area contributed by atoms with E-state index in [4.69, 9.17) is 19.9 Å². The summed E-state index contributed by atoms with van der Waals surface area (Å²) in [5.41, 5.74) is 9.27. The van der Waals surface area contributed by atoms with Crippen molar-refractivity contribution in [1.29, 1.82) is 0 Å². The first-order valence-corrected chi connectivity index (χ1v) is 17.7. The summed E-state index contributed by atoms with van der Waals surface area (Å²) in [5.74, 6) is 4.36. The number of rotatable bonds is 8. The fraction of sp³-hybridized carbons (Fsp3) is 0.205. The number of carbonyl (C=O) groups is 3. The molecule has 8 rings (SSSR count). The van der Waals surface area contributed by atoms with Gasteiger partial charge in [-0.25, -0.2) is 0 Å². The number of carbonyl (C=O) groups excluding carboxylic acids is 3. The average Bonchev–Trinajstić information content (AvgIpc) is 3.69. The Bertz CT molecular complexity index is 2270. The van der Waals surface area contributed by atoms with Gasteiger partial charge in [-0.15, -0.1) is 0 Å². The van der Waals surface area contributed by atoms with E-state index in [9.17, 15) is 19.5 Å². The third-order valence-corrected chi connectivity index (χ3v) is 10.6. The van der Waals surface area contributed by atoms with Gasteiger partial charge in [0, 0.05) is 16.8 Å². The van der Waals surface area contributed by atoms with E-state index in [1.807, 2.05) is 114 Å². The summed E-state index contributed by atoms with van der Waals surface area (Å²) < 4.78 is 17.3. The topological polar surface area (TPSA) is 140 Å². The van der Waals surface area contributed by atoms with Crippen LogP contribution in [0.25, 0.3) is 0 Å². The summed E-state index contributed by atoms with van der Waals surface area (Å²) in [4.78, 5) is 45.5. The smallest absolute Gasteiger partial charge is 0.324 e. The molecule has 2 amide bonds. The van der Waals surface area contributed by atoms with Gasteiger partial charge in [0.15, 0.2) is 0 Å². The summed E-state index contributed by atoms with van der Waals surface area (Å²) in [6.45, 7) is -0.0624. The predicted molar refractivity (Wildman–Crippen MR) is 200 cm³/mol. The minimum absolute atomic E-state index is 0.0987. The second-order valence-corrected chi connectivity index (χ2v) is 13.5. The molecule has 2 fully saturated rings. The summed E-state index contributed by atoms with van der Waals surface area (Å²) >= 11 is 0. The van der Waals surface area contributed by atoms with Gasteiger partial charge in [-0.1, -0.05) is 84.6 Å². The zero-order valence-electron chi connectivity index (χ0n) is 29.3. The first-order valence-electron chi connectivity index (χ1n) is 17.7. The highest BCUT2D eigenvalue weighted by molar-refractivity contribution is 6.12. The second-order valence-electron chi connectivity index (χ2n) is 13.5. The Hall–Kier alpha value is -6.41. The van der Waals surface area contributed by atoms with Crippen LogP contribution in [-0.2, 0) is 24.5 Å². The highest BCUT2D eigenvalue weighted by Gasteiger charge is 2.73. The fourth-order valence-electron chi connectivity index (χ4n) is 8.43. The number of methoxy groups -OCH3 is 1. The molecule has 0 bridgehead atoms. The lowest BCUT2D eigenvalue weighted by atomic mass is 9.65. The Labute approximate surface area is 312 Å². The van der Waals surface area contributed by atoms with Crippen LogP contribution in [0, 0.1) is 17.8 Å². The van der Waals surface area contributed by atoms with Crippen LogP contribution in [0.1, 0.15) is 51.6 Å². The molecule has 0 aliphatic carbocycles. The molecule has 0 saturated carbocycles. The Kier molecular flexibility index (Phi) is 9.11. The molecule has 3 aliphatic rings. The minimum atomic E-state index is -1.69. The van der Waals surface area contributed by atoms with Crippen LogP contribution in [0.5, 0.6) is 11.5 Å². The van der Waals surface area contributed by atoms with E-state index < -0.39 is 53.3 Å². The zero-order chi connectivity index (χ0) is 37.4. The number of morpholine rings is 1. The lowest BCUT2D eigenvalue weighted by molar-refractivity contribution is -0.178. The molecule has 10 nitrogen and oxygen atoms in total. The number of primary amides is 1. The highest BCUT2D eigenvalue weighted by atomic mass is 16.6. The molecule has 5 aromatic carbocycles. The van der Waals surface area contributed by atoms with Crippen molar-refractivity contribution in [1.82, 2.24) is 4.90 Å². The molecule has 0 aromatic heterocycles. The van der Waals surface area contributed by atoms with Crippen molar-refractivity contribution in [3.8, 4) is 23.3 Å². The van der Waals surface area contributed by atoms with Gasteiger partial charge in [-0.2, -0.15) is 0 Å². The second kappa shape index (κ2) is 14.2. The van der Waals surface area contributed by atoms with E-state index in [0.29, 0.717) is 33.9 Å². The number of esters is 1. The van der Waals surface area contributed by atoms with E-state index in [2.05, 4.69) is 17.2 Å². The quantitative estimate of drug-likeness (QED) is 0.147. The van der Waals surface area contributed by atoms with E-state index in [-0.39, 0.29) is 13.2 Å². The SMILES string of the molecule is COc1ccc(C#Cc2ccc3c(c2)[C@]2(C(=O)N3)[C@H](c3ccc(OCCO)cc3)N3[C@H](c4ccccc4)[C@H](c4ccccc4)OC(=O)[C@H]3[C@@H]2C(N)=O)cc1. The number of hydrogen-bond donors (Lipinski definition) is 3. The summed E-state index contributed by atoms with van der Waals surface area (Å²) in [7, 11) is 1.60. The number of nitrogens with two attached hydrogens (primary N) is 1. The van der Waals surface area contributed by atoms with Crippen molar-refractivity contribution >= 4 is 23.5 Å². The van der Waals surface area contributed by atoms with Crippen molar-refractivity contribution in [2.45, 2.75) is 29.6 Å². The Balaban J connectivity index is 1.37. The van der Waals surface area contributed by atoms with Crippen LogP contribution < -0.4 is 20.5 Å². The Morgan fingerprint density at radius 2 is 1.44 bits per heavy atom. The molecule has 270 valence electrons. The molecule has 6 atom stereocenters. The first-order chi connectivity index (χ1) is 26.3. The standard InChI is InChI=1S/C44H37N3O7/c1-52-32-19-14-27(15-20-32)12-13-28-16-23-35-34(26-28)44(43(51)46-35)36(41(45)49)38-42(50)54-39(30-10-6-3-7-11-30)37(29-8-4-2-5-9-29)47(38)40(44)31-17-21-33(22-18-31)53-25-24-48/h2-11,14-23,26,36-40,48H,24-25H2,1H3,(H2,45,49)(H,46,51)/t36-,37-,38-,39+,40+,44-/m1/s1. The van der Waals surface area contributed by atoms with Crippen LogP contribution in [0.3, 0.4) is 0 Å². The number of cyclic esters (lactones) is 1. The summed E-state index contributed by atoms with van der Waals surface area (Å²) in [5, 5.41) is 12.4. The molecular formula is C44H37N3O7. The first kappa shape index (κ1) is 34.7. The highest BCUT2D eigenvalue weighted by Crippen LogP contribution is 2.64. The monoisotopic (exact) mass is 719 g/mol. The number of nitrogens with one attached hydrogen (secondary N) is 1. The van der Waals surface area contributed by atoms with E-state index >= 15 is 0 Å². The molecule has 0 unspecified atom stereocenters. The lowest BCUT2D eigenvalue weighted by Gasteiger charge is -2.46. The number of nitrogens with zero attached hydrogens (tertiary/aromatic N) is 1. The van der Waals surface area contributed by atoms with Crippen molar-refractivity contribution in [3.05, 3.63) is 161 Å². The van der Waals surface area contributed by atoms with Gasteiger partial charge in [-0.05, 0) is 76.9 Å². The zero-order valence-corrected chi connectivity index (χ0v) is 29.3. The third kappa shape index (κ3) is 5.75. The van der Waals surface area contributed by atoms with Gasteiger partial charge < -0.3 is 30.4 Å². The molecule has 2 saturated heterocycles. The van der Waals surface area contributed by atoms with Crippen LogP contribution in [0.15, 0.2) is 127 Å². The third-order valence-electron chi connectivity index (χ3n) is 10.6. The summed E-state index contributed by atoms with van der Waals surface area (Å²) in [6.07, 6.45) is -0.790. The predicted octanol–water partition coefficient (Wildman–Crippen LogP) is 5.22. The maximum Gasteiger partial charge on any atom is 0.324 e. The normalized spacial score (nSPS) is 24.1. The number of amides is 2. The average molecular weight is 720 g/mol. The molecule has 0 radical (unpaired) electrons. The number of anilines is 1. The van der Waals surface area contributed by atoms with Crippen LogP contribution in [0.4, 0.5) is 5.69 Å². The van der Waals surface area contributed by atoms with Gasteiger partial charge >= 0.3 is 5.97 Å². The van der Waals surface area contributed by atoms with Crippen molar-refractivity contribution in [3.63, 3.8) is 0 Å². The number of aliphatic hydroxyl groups excluding tert-OH is 1. The van der Waals surface area contributed by atoms with Crippen LogP contribution >= 0.6 is 0 Å². The van der Waals surface area contributed by atoms with Crippen molar-refractivity contribution < 1.29 is 33.7 Å². The molecule has 3 aliphatic heterocycles. The number of hydrogen-bond acceptors (Lipinski definition) is 8. The van der Waals surface area contributed by atoms with Gasteiger partial charge in [0.1, 0.15) is 35.7 Å². The lowest BCUT2D eigenvalue weighted by Crippen LogP contribution is -2.53. The van der Waals surface area contributed by atoms with Crippen LogP contribution in [0.2, 0.25) is 0 Å². The maximum absolute atomic E-state index is 15.0. The van der Waals surface area contributed by atoms with E-state index in [1.54, 1.807) is 25.3 Å². The number of ether oxygens (including phenoxy) is 3. The maximum atomic E-state index is 15.0. The molecule has 5 aromatic rings. The van der Waals surface area contributed by atoms with E-state index in [1.165, 1.54) is 0 Å². The van der Waals surface area contributed by atoms with Gasteiger partial charge in [-0.3, -0.25) is 19.3 Å². The summed E-state index contributed by atoms with van der Waals surface area (Å²) in [6, 6.07) is 36.3.